The van der Waals surface area contributed by atoms with Gasteiger partial charge >= 0.3 is 0 Å². The molecule has 0 bridgehead atoms. The third-order valence-electron chi connectivity index (χ3n) is 3.60. The predicted molar refractivity (Wildman–Crippen MR) is 106 cm³/mol. The van der Waals surface area contributed by atoms with Crippen LogP contribution in [0.3, 0.4) is 0 Å². The second-order valence-corrected chi connectivity index (χ2v) is 7.37. The molecule has 9 heteroatoms. The minimum atomic E-state index is -0.929. The average molecular weight is 433 g/mol. The van der Waals surface area contributed by atoms with Crippen molar-refractivity contribution < 1.29 is 18.4 Å². The van der Waals surface area contributed by atoms with E-state index in [1.54, 1.807) is 0 Å². The molecular weight excluding hydrogens is 417 g/mol. The lowest BCUT2D eigenvalue weighted by atomic mass is 10.1. The first-order valence-electron chi connectivity index (χ1n) is 7.82. The van der Waals surface area contributed by atoms with Crippen molar-refractivity contribution in [1.29, 1.82) is 0 Å². The largest absolute Gasteiger partial charge is 0.340 e. The summed E-state index contributed by atoms with van der Waals surface area (Å²) in [5, 5.41) is 5.48. The van der Waals surface area contributed by atoms with Gasteiger partial charge in [0, 0.05) is 11.1 Å². The maximum absolute atomic E-state index is 13.8. The highest BCUT2D eigenvalue weighted by molar-refractivity contribution is 7.98. The normalized spacial score (nSPS) is 11.7. The zero-order chi connectivity index (χ0) is 20.0. The van der Waals surface area contributed by atoms with E-state index in [9.17, 15) is 18.4 Å². The van der Waals surface area contributed by atoms with E-state index in [-0.39, 0.29) is 16.3 Å². The van der Waals surface area contributed by atoms with Crippen LogP contribution in [0.4, 0.5) is 14.5 Å². The molecule has 2 aromatic rings. The molecule has 2 amide bonds. The molecule has 2 aromatic carbocycles. The van der Waals surface area contributed by atoms with Gasteiger partial charge in [0.1, 0.15) is 17.7 Å². The van der Waals surface area contributed by atoms with Crippen molar-refractivity contribution in [3.05, 3.63) is 63.6 Å². The fourth-order valence-corrected chi connectivity index (χ4v) is 3.19. The monoisotopic (exact) mass is 432 g/mol. The number of nitrogens with one attached hydrogen (secondary N) is 2. The molecule has 0 heterocycles. The van der Waals surface area contributed by atoms with Gasteiger partial charge in [-0.05, 0) is 48.8 Å². The van der Waals surface area contributed by atoms with Gasteiger partial charge in [-0.2, -0.15) is 11.8 Å². The van der Waals surface area contributed by atoms with Gasteiger partial charge < -0.3 is 10.6 Å². The van der Waals surface area contributed by atoms with E-state index in [2.05, 4.69) is 10.6 Å². The summed E-state index contributed by atoms with van der Waals surface area (Å²) in [6.45, 7) is 0. The number of carbonyl (C=O) groups is 2. The number of hydrogen-bond donors (Lipinski definition) is 2. The lowest BCUT2D eigenvalue weighted by Crippen LogP contribution is -2.44. The van der Waals surface area contributed by atoms with Crippen molar-refractivity contribution >= 4 is 52.5 Å². The minimum absolute atomic E-state index is 0.147. The van der Waals surface area contributed by atoms with Gasteiger partial charge in [-0.15, -0.1) is 0 Å². The number of anilines is 1. The number of benzene rings is 2. The molecule has 0 aromatic heterocycles. The van der Waals surface area contributed by atoms with E-state index in [4.69, 9.17) is 23.2 Å². The lowest BCUT2D eigenvalue weighted by molar-refractivity contribution is -0.118. The Kier molecular flexibility index (Phi) is 7.89. The fraction of sp³-hybridized carbons (Fsp3) is 0.222. The van der Waals surface area contributed by atoms with E-state index in [1.165, 1.54) is 30.0 Å². The molecule has 144 valence electrons. The molecule has 4 nitrogen and oxygen atoms in total. The van der Waals surface area contributed by atoms with Crippen LogP contribution in [0, 0.1) is 11.6 Å². The third-order valence-corrected chi connectivity index (χ3v) is 4.79. The Bertz CT molecular complexity index is 852. The van der Waals surface area contributed by atoms with E-state index in [1.807, 2.05) is 6.26 Å². The number of hydrogen-bond acceptors (Lipinski definition) is 3. The molecular formula is C18H16Cl2F2N2O2S. The highest BCUT2D eigenvalue weighted by atomic mass is 35.5. The van der Waals surface area contributed by atoms with Crippen molar-refractivity contribution in [2.24, 2.45) is 0 Å². The predicted octanol–water partition coefficient (Wildman–Crippen LogP) is 4.76. The SMILES string of the molecule is CSCCC(NC(=O)c1ccc(Cl)cc1Cl)C(=O)Nc1ccc(F)cc1F. The van der Waals surface area contributed by atoms with Crippen molar-refractivity contribution in [3.63, 3.8) is 0 Å². The Morgan fingerprint density at radius 2 is 1.89 bits per heavy atom. The van der Waals surface area contributed by atoms with Gasteiger partial charge in [0.05, 0.1) is 16.3 Å². The van der Waals surface area contributed by atoms with Crippen molar-refractivity contribution in [2.45, 2.75) is 12.5 Å². The van der Waals surface area contributed by atoms with Gasteiger partial charge in [0.2, 0.25) is 5.91 Å². The molecule has 0 aliphatic rings. The number of thioether (sulfide) groups is 1. The number of amides is 2. The van der Waals surface area contributed by atoms with Crippen LogP contribution in [0.5, 0.6) is 0 Å². The van der Waals surface area contributed by atoms with Crippen LogP contribution in [0.25, 0.3) is 0 Å². The topological polar surface area (TPSA) is 58.2 Å². The fourth-order valence-electron chi connectivity index (χ4n) is 2.22. The molecule has 0 spiro atoms. The van der Waals surface area contributed by atoms with Crippen molar-refractivity contribution in [3.8, 4) is 0 Å². The van der Waals surface area contributed by atoms with Crippen molar-refractivity contribution in [2.75, 3.05) is 17.3 Å². The first kappa shape index (κ1) is 21.5. The summed E-state index contributed by atoms with van der Waals surface area (Å²) in [5.74, 6) is -2.25. The summed E-state index contributed by atoms with van der Waals surface area (Å²) in [6, 6.07) is 6.26. The Balaban J connectivity index is 2.15. The van der Waals surface area contributed by atoms with Crippen LogP contribution in [0.1, 0.15) is 16.8 Å². The summed E-state index contributed by atoms with van der Waals surface area (Å²) in [5.41, 5.74) is -0.00898. The maximum atomic E-state index is 13.8. The van der Waals surface area contributed by atoms with Gasteiger partial charge in [-0.1, -0.05) is 23.2 Å². The Hall–Kier alpha value is -1.83. The van der Waals surface area contributed by atoms with Crippen molar-refractivity contribution in [1.82, 2.24) is 5.32 Å². The molecule has 1 unspecified atom stereocenters. The van der Waals surface area contributed by atoms with Crippen LogP contribution in [-0.4, -0.2) is 29.9 Å². The zero-order valence-corrected chi connectivity index (χ0v) is 16.5. The van der Waals surface area contributed by atoms with Crippen LogP contribution >= 0.6 is 35.0 Å². The molecule has 2 rings (SSSR count). The number of carbonyl (C=O) groups excluding carboxylic acids is 2. The molecule has 0 radical (unpaired) electrons. The van der Waals surface area contributed by atoms with E-state index < -0.39 is 29.5 Å². The zero-order valence-electron chi connectivity index (χ0n) is 14.2. The molecule has 1 atom stereocenters. The summed E-state index contributed by atoms with van der Waals surface area (Å²) in [4.78, 5) is 25.0. The van der Waals surface area contributed by atoms with E-state index in [0.717, 1.165) is 12.1 Å². The summed E-state index contributed by atoms with van der Waals surface area (Å²) >= 11 is 13.3. The molecule has 0 fully saturated rings. The van der Waals surface area contributed by atoms with Gasteiger partial charge in [-0.3, -0.25) is 9.59 Å². The van der Waals surface area contributed by atoms with E-state index in [0.29, 0.717) is 23.3 Å². The first-order valence-corrected chi connectivity index (χ1v) is 9.97. The van der Waals surface area contributed by atoms with Gasteiger partial charge in [0.15, 0.2) is 0 Å². The Morgan fingerprint density at radius 1 is 1.15 bits per heavy atom. The summed E-state index contributed by atoms with van der Waals surface area (Å²) in [6.07, 6.45) is 2.17. The quantitative estimate of drug-likeness (QED) is 0.662. The second kappa shape index (κ2) is 9.92. The highest BCUT2D eigenvalue weighted by Gasteiger charge is 2.23. The molecule has 27 heavy (non-hydrogen) atoms. The molecule has 0 aliphatic carbocycles. The lowest BCUT2D eigenvalue weighted by Gasteiger charge is -2.19. The Morgan fingerprint density at radius 3 is 2.52 bits per heavy atom. The minimum Gasteiger partial charge on any atom is -0.340 e. The average Bonchev–Trinajstić information content (AvgIpc) is 2.60. The maximum Gasteiger partial charge on any atom is 0.253 e. The molecule has 0 saturated carbocycles. The van der Waals surface area contributed by atoms with Crippen LogP contribution in [-0.2, 0) is 4.79 Å². The van der Waals surface area contributed by atoms with Crippen LogP contribution < -0.4 is 10.6 Å². The first-order chi connectivity index (χ1) is 12.8. The number of halogens is 4. The summed E-state index contributed by atoms with van der Waals surface area (Å²) in [7, 11) is 0. The third kappa shape index (κ3) is 6.09. The van der Waals surface area contributed by atoms with Crippen LogP contribution in [0.15, 0.2) is 36.4 Å². The van der Waals surface area contributed by atoms with Gasteiger partial charge in [-0.25, -0.2) is 8.78 Å². The standard InChI is InChI=1S/C18H16Cl2F2N2O2S/c1-27-7-6-16(18(26)23-15-5-3-11(21)9-14(15)22)24-17(25)12-4-2-10(19)8-13(12)20/h2-5,8-9,16H,6-7H2,1H3,(H,23,26)(H,24,25). The van der Waals surface area contributed by atoms with E-state index >= 15 is 0 Å². The van der Waals surface area contributed by atoms with Crippen LogP contribution in [0.2, 0.25) is 10.0 Å². The highest BCUT2D eigenvalue weighted by Crippen LogP contribution is 2.21. The Labute approximate surface area is 169 Å². The number of rotatable bonds is 7. The molecule has 2 N–H and O–H groups in total. The second-order valence-electron chi connectivity index (χ2n) is 5.55. The molecule has 0 saturated heterocycles. The molecule has 0 aliphatic heterocycles. The van der Waals surface area contributed by atoms with Gasteiger partial charge in [0.25, 0.3) is 5.91 Å². The summed E-state index contributed by atoms with van der Waals surface area (Å²) < 4.78 is 26.8. The smallest absolute Gasteiger partial charge is 0.253 e.